The first-order valence-corrected chi connectivity index (χ1v) is 6.75. The van der Waals surface area contributed by atoms with Crippen LogP contribution < -0.4 is 10.1 Å². The number of fused-ring (bicyclic) bond motifs is 1. The third-order valence-electron chi connectivity index (χ3n) is 3.34. The Balaban J connectivity index is 1.93. The van der Waals surface area contributed by atoms with Crippen molar-refractivity contribution in [3.8, 4) is 5.75 Å². The first-order chi connectivity index (χ1) is 8.78. The number of anilines is 1. The number of hydrogen-bond acceptors (Lipinski definition) is 2. The maximum atomic E-state index is 5.42. The molecule has 1 unspecified atom stereocenters. The topological polar surface area (TPSA) is 21.3 Å². The van der Waals surface area contributed by atoms with Crippen LogP contribution >= 0.6 is 15.9 Å². The average Bonchev–Trinajstić information content (AvgIpc) is 2.82. The summed E-state index contributed by atoms with van der Waals surface area (Å²) in [5, 5.41) is 3.55. The summed E-state index contributed by atoms with van der Waals surface area (Å²) >= 11 is 3.52. The Hall–Kier alpha value is -1.48. The van der Waals surface area contributed by atoms with Gasteiger partial charge in [-0.3, -0.25) is 0 Å². The summed E-state index contributed by atoms with van der Waals surface area (Å²) in [5.41, 5.74) is 3.74. The van der Waals surface area contributed by atoms with Crippen molar-refractivity contribution in [3.05, 3.63) is 58.1 Å². The largest absolute Gasteiger partial charge is 0.496 e. The SMILES string of the molecule is COc1cccc2c1CC(c1cccc(Br)c1)N2. The summed E-state index contributed by atoms with van der Waals surface area (Å²) in [6.45, 7) is 0. The Kier molecular flexibility index (Phi) is 3.00. The van der Waals surface area contributed by atoms with Crippen molar-refractivity contribution in [2.45, 2.75) is 12.5 Å². The van der Waals surface area contributed by atoms with E-state index in [2.05, 4.69) is 45.5 Å². The fourth-order valence-corrected chi connectivity index (χ4v) is 2.89. The molecule has 0 bridgehead atoms. The summed E-state index contributed by atoms with van der Waals surface area (Å²) in [4.78, 5) is 0. The number of rotatable bonds is 2. The van der Waals surface area contributed by atoms with Crippen LogP contribution in [-0.2, 0) is 6.42 Å². The number of benzene rings is 2. The van der Waals surface area contributed by atoms with Crippen LogP contribution in [0.2, 0.25) is 0 Å². The molecule has 2 aromatic rings. The fraction of sp³-hybridized carbons (Fsp3) is 0.200. The van der Waals surface area contributed by atoms with Gasteiger partial charge in [-0.15, -0.1) is 0 Å². The first kappa shape index (κ1) is 11.6. The van der Waals surface area contributed by atoms with Gasteiger partial charge in [0.15, 0.2) is 0 Å². The monoisotopic (exact) mass is 303 g/mol. The molecule has 3 rings (SSSR count). The van der Waals surface area contributed by atoms with Gasteiger partial charge in [-0.25, -0.2) is 0 Å². The Morgan fingerprint density at radius 1 is 1.22 bits per heavy atom. The highest BCUT2D eigenvalue weighted by atomic mass is 79.9. The van der Waals surface area contributed by atoms with Crippen molar-refractivity contribution >= 4 is 21.6 Å². The van der Waals surface area contributed by atoms with Gasteiger partial charge in [0.25, 0.3) is 0 Å². The van der Waals surface area contributed by atoms with Gasteiger partial charge in [0.2, 0.25) is 0 Å². The Bertz CT molecular complexity index is 582. The average molecular weight is 304 g/mol. The zero-order chi connectivity index (χ0) is 12.5. The highest BCUT2D eigenvalue weighted by molar-refractivity contribution is 9.10. The zero-order valence-electron chi connectivity index (χ0n) is 10.1. The van der Waals surface area contributed by atoms with Gasteiger partial charge in [0.1, 0.15) is 5.75 Å². The highest BCUT2D eigenvalue weighted by Crippen LogP contribution is 2.39. The zero-order valence-corrected chi connectivity index (χ0v) is 11.7. The van der Waals surface area contributed by atoms with Crippen molar-refractivity contribution < 1.29 is 4.74 Å². The van der Waals surface area contributed by atoms with Crippen molar-refractivity contribution in [1.82, 2.24) is 0 Å². The second kappa shape index (κ2) is 4.65. The molecule has 1 aliphatic heterocycles. The van der Waals surface area contributed by atoms with Crippen molar-refractivity contribution in [2.24, 2.45) is 0 Å². The van der Waals surface area contributed by atoms with E-state index in [4.69, 9.17) is 4.74 Å². The van der Waals surface area contributed by atoms with Gasteiger partial charge in [-0.1, -0.05) is 34.1 Å². The summed E-state index contributed by atoms with van der Waals surface area (Å²) < 4.78 is 6.53. The maximum absolute atomic E-state index is 5.42. The third-order valence-corrected chi connectivity index (χ3v) is 3.84. The van der Waals surface area contributed by atoms with Gasteiger partial charge in [0, 0.05) is 22.1 Å². The molecule has 2 nitrogen and oxygen atoms in total. The second-order valence-electron chi connectivity index (χ2n) is 4.44. The minimum Gasteiger partial charge on any atom is -0.496 e. The van der Waals surface area contributed by atoms with E-state index < -0.39 is 0 Å². The highest BCUT2D eigenvalue weighted by Gasteiger charge is 2.24. The molecule has 0 radical (unpaired) electrons. The third kappa shape index (κ3) is 1.99. The van der Waals surface area contributed by atoms with E-state index in [1.165, 1.54) is 16.8 Å². The molecule has 92 valence electrons. The van der Waals surface area contributed by atoms with E-state index in [0.717, 1.165) is 16.6 Å². The molecule has 18 heavy (non-hydrogen) atoms. The smallest absolute Gasteiger partial charge is 0.124 e. The molecule has 0 fully saturated rings. The molecule has 0 saturated heterocycles. The summed E-state index contributed by atoms with van der Waals surface area (Å²) in [5.74, 6) is 0.970. The molecule has 0 amide bonds. The molecule has 0 saturated carbocycles. The van der Waals surface area contributed by atoms with Crippen LogP contribution in [-0.4, -0.2) is 7.11 Å². The second-order valence-corrected chi connectivity index (χ2v) is 5.36. The molecule has 1 N–H and O–H groups in total. The quantitative estimate of drug-likeness (QED) is 0.899. The fourth-order valence-electron chi connectivity index (χ4n) is 2.47. The van der Waals surface area contributed by atoms with Crippen LogP contribution in [0, 0.1) is 0 Å². The van der Waals surface area contributed by atoms with E-state index in [1.54, 1.807) is 7.11 Å². The summed E-state index contributed by atoms with van der Waals surface area (Å²) in [7, 11) is 1.72. The summed E-state index contributed by atoms with van der Waals surface area (Å²) in [6.07, 6.45) is 0.968. The van der Waals surface area contributed by atoms with E-state index in [1.807, 2.05) is 18.2 Å². The van der Waals surface area contributed by atoms with E-state index in [9.17, 15) is 0 Å². The molecule has 0 aromatic heterocycles. The number of methoxy groups -OCH3 is 1. The molecule has 3 heteroatoms. The van der Waals surface area contributed by atoms with Crippen molar-refractivity contribution in [2.75, 3.05) is 12.4 Å². The molecule has 0 spiro atoms. The lowest BCUT2D eigenvalue weighted by molar-refractivity contribution is 0.410. The lowest BCUT2D eigenvalue weighted by Gasteiger charge is -2.11. The van der Waals surface area contributed by atoms with Crippen LogP contribution in [0.15, 0.2) is 46.9 Å². The summed E-state index contributed by atoms with van der Waals surface area (Å²) in [6, 6.07) is 14.9. The van der Waals surface area contributed by atoms with Gasteiger partial charge in [-0.2, -0.15) is 0 Å². The molecule has 1 atom stereocenters. The minimum absolute atomic E-state index is 0.328. The standard InChI is InChI=1S/C15H14BrNO/c1-18-15-7-3-6-13-12(15)9-14(17-13)10-4-2-5-11(16)8-10/h2-8,14,17H,9H2,1H3. The van der Waals surface area contributed by atoms with Crippen LogP contribution in [0.3, 0.4) is 0 Å². The predicted octanol–water partition coefficient (Wildman–Crippen LogP) is 4.17. The Morgan fingerprint density at radius 3 is 2.83 bits per heavy atom. The van der Waals surface area contributed by atoms with E-state index >= 15 is 0 Å². The number of halogens is 1. The Labute approximate surface area is 115 Å². The predicted molar refractivity (Wildman–Crippen MR) is 77.2 cm³/mol. The van der Waals surface area contributed by atoms with Crippen LogP contribution in [0.25, 0.3) is 0 Å². The molecule has 0 aliphatic carbocycles. The van der Waals surface area contributed by atoms with Crippen LogP contribution in [0.5, 0.6) is 5.75 Å². The molecule has 1 aliphatic rings. The minimum atomic E-state index is 0.328. The normalized spacial score (nSPS) is 17.1. The van der Waals surface area contributed by atoms with Crippen molar-refractivity contribution in [1.29, 1.82) is 0 Å². The maximum Gasteiger partial charge on any atom is 0.124 e. The number of ether oxygens (including phenoxy) is 1. The lowest BCUT2D eigenvalue weighted by Crippen LogP contribution is -2.05. The van der Waals surface area contributed by atoms with Gasteiger partial charge < -0.3 is 10.1 Å². The van der Waals surface area contributed by atoms with Gasteiger partial charge in [0.05, 0.1) is 13.2 Å². The molecular weight excluding hydrogens is 290 g/mol. The van der Waals surface area contributed by atoms with E-state index in [0.29, 0.717) is 6.04 Å². The van der Waals surface area contributed by atoms with Crippen LogP contribution in [0.4, 0.5) is 5.69 Å². The van der Waals surface area contributed by atoms with Gasteiger partial charge in [-0.05, 0) is 29.8 Å². The Morgan fingerprint density at radius 2 is 2.06 bits per heavy atom. The molecule has 1 heterocycles. The lowest BCUT2D eigenvalue weighted by atomic mass is 10.0. The number of nitrogens with one attached hydrogen (secondary N) is 1. The van der Waals surface area contributed by atoms with Crippen LogP contribution in [0.1, 0.15) is 17.2 Å². The van der Waals surface area contributed by atoms with E-state index in [-0.39, 0.29) is 0 Å². The van der Waals surface area contributed by atoms with Gasteiger partial charge >= 0.3 is 0 Å². The molecular formula is C15H14BrNO. The first-order valence-electron chi connectivity index (χ1n) is 5.96. The van der Waals surface area contributed by atoms with Crippen molar-refractivity contribution in [3.63, 3.8) is 0 Å². The molecule has 2 aromatic carbocycles. The number of hydrogen-bond donors (Lipinski definition) is 1.